The van der Waals surface area contributed by atoms with Gasteiger partial charge in [-0.2, -0.15) is 0 Å². The van der Waals surface area contributed by atoms with Gasteiger partial charge in [-0.15, -0.1) is 0 Å². The number of aldehydes is 1. The number of aliphatic hydroxyl groups is 12. The molecule has 466 valence electrons. The lowest BCUT2D eigenvalue weighted by Crippen LogP contribution is -2.70. The summed E-state index contributed by atoms with van der Waals surface area (Å²) in [6.45, 7) is 13.5. The molecule has 8 fully saturated rings. The lowest BCUT2D eigenvalue weighted by Gasteiger charge is -2.72. The highest BCUT2D eigenvalue weighted by Gasteiger charge is 2.73. The fraction of sp³-hybridized carbons (Fsp3) is 0.877. The molecule has 0 aromatic carbocycles. The van der Waals surface area contributed by atoms with Gasteiger partial charge in [-0.25, -0.2) is 9.59 Å². The molecule has 82 heavy (non-hydrogen) atoms. The van der Waals surface area contributed by atoms with E-state index in [1.165, 1.54) is 0 Å². The first-order valence-corrected chi connectivity index (χ1v) is 28.8. The summed E-state index contributed by atoms with van der Waals surface area (Å²) in [4.78, 5) is 41.1. The number of allylic oxidation sites excluding steroid dienone is 3. The van der Waals surface area contributed by atoms with E-state index < -0.39 is 200 Å². The van der Waals surface area contributed by atoms with Crippen molar-refractivity contribution in [3.63, 3.8) is 0 Å². The van der Waals surface area contributed by atoms with E-state index in [0.717, 1.165) is 11.9 Å². The van der Waals surface area contributed by atoms with E-state index in [2.05, 4.69) is 40.7 Å². The summed E-state index contributed by atoms with van der Waals surface area (Å²) in [6, 6.07) is 0. The number of aliphatic carboxylic acids is 1. The second-order valence-electron chi connectivity index (χ2n) is 26.7. The Labute approximate surface area is 476 Å². The van der Waals surface area contributed by atoms with Crippen LogP contribution in [0, 0.1) is 50.2 Å². The van der Waals surface area contributed by atoms with Crippen molar-refractivity contribution in [2.75, 3.05) is 26.4 Å². The molecule has 25 heteroatoms. The smallest absolute Gasteiger partial charge is 0.335 e. The highest BCUT2D eigenvalue weighted by atomic mass is 16.8. The van der Waals surface area contributed by atoms with E-state index in [4.69, 9.17) is 42.6 Å². The van der Waals surface area contributed by atoms with Crippen LogP contribution in [0.5, 0.6) is 0 Å². The molecule has 5 aliphatic carbocycles. The monoisotopic (exact) mass is 1170 g/mol. The van der Waals surface area contributed by atoms with Gasteiger partial charge in [0.25, 0.3) is 0 Å². The number of hydrogen-bond donors (Lipinski definition) is 13. The fourth-order valence-electron chi connectivity index (χ4n) is 16.7. The third-order valence-corrected chi connectivity index (χ3v) is 21.7. The molecule has 29 atom stereocenters. The average molecular weight is 1170 g/mol. The van der Waals surface area contributed by atoms with Gasteiger partial charge >= 0.3 is 11.9 Å². The van der Waals surface area contributed by atoms with Crippen LogP contribution in [0.25, 0.3) is 0 Å². The summed E-state index contributed by atoms with van der Waals surface area (Å²) < 4.78 is 54.7. The van der Waals surface area contributed by atoms with E-state index in [-0.39, 0.29) is 23.7 Å². The molecule has 0 spiro atoms. The molecule has 4 saturated carbocycles. The van der Waals surface area contributed by atoms with Crippen LogP contribution in [-0.2, 0) is 57.0 Å². The molecule has 4 saturated heterocycles. The van der Waals surface area contributed by atoms with Gasteiger partial charge in [0.1, 0.15) is 91.7 Å². The summed E-state index contributed by atoms with van der Waals surface area (Å²) in [6.07, 6.45) is -29.0. The standard InChI is InChI=1S/C57H88O25/c1-9-24(2)47(73)77-34-18-56(8)25(26-16-52(3,4)17-32(63)57(26,34)23-60)10-11-31-53(5)14-13-33(54(6,22-59)30(53)12-15-55(31,56)7)78-51-45(82-49-40(69)38(67)37(66)29(19-58)76-49)42(41(70)43(80-51)46(71)72)79-50-44(36(65)28(62)21-75-50)81-48-39(68)35(64)27(61)20-74-48/h9-10,22,26-45,48-51,58,60-70H,11-21,23H2,1-8H3,(H,71,72). The van der Waals surface area contributed by atoms with Crippen molar-refractivity contribution in [3.05, 3.63) is 23.3 Å². The Morgan fingerprint density at radius 3 is 1.94 bits per heavy atom. The SMILES string of the molecule is CC=C(C)C(=O)OC1CC2(C)C(=CCC3C4(C)CCC(OC5OC(C(=O)O)C(O)C(OC6OCC(O)C(O)C6OC6OCC(O)C(O)C6O)C5OC5OC(CO)C(O)C(O)C5O)C(C)(C=O)C4CCC32C)C2CC(C)(C)CC(O)C12CO. The zero-order valence-electron chi connectivity index (χ0n) is 47.8. The van der Waals surface area contributed by atoms with Gasteiger partial charge in [-0.1, -0.05) is 59.3 Å². The Morgan fingerprint density at radius 2 is 1.30 bits per heavy atom. The Kier molecular flexibility index (Phi) is 18.2. The minimum absolute atomic E-state index is 0.102. The maximum Gasteiger partial charge on any atom is 0.335 e. The molecule has 0 bridgehead atoms. The lowest BCUT2D eigenvalue weighted by molar-refractivity contribution is -0.398. The molecule has 0 amide bonds. The molecule has 0 aromatic rings. The van der Waals surface area contributed by atoms with Crippen LogP contribution in [0.4, 0.5) is 0 Å². The Morgan fingerprint density at radius 1 is 0.671 bits per heavy atom. The van der Waals surface area contributed by atoms with Gasteiger partial charge in [0, 0.05) is 5.57 Å². The van der Waals surface area contributed by atoms with Gasteiger partial charge in [-0.3, -0.25) is 0 Å². The van der Waals surface area contributed by atoms with E-state index >= 15 is 0 Å². The van der Waals surface area contributed by atoms with Crippen LogP contribution in [-0.4, -0.2) is 240 Å². The van der Waals surface area contributed by atoms with Gasteiger partial charge in [-0.05, 0) is 105 Å². The number of rotatable bonds is 14. The largest absolute Gasteiger partial charge is 0.479 e. The fourth-order valence-corrected chi connectivity index (χ4v) is 16.7. The van der Waals surface area contributed by atoms with Crippen LogP contribution in [0.15, 0.2) is 23.3 Å². The number of aliphatic hydroxyl groups excluding tert-OH is 12. The number of ether oxygens (including phenoxy) is 9. The molecule has 4 heterocycles. The quantitative estimate of drug-likeness (QED) is 0.0308. The number of carboxylic acid groups (broad SMARTS) is 1. The minimum Gasteiger partial charge on any atom is -0.479 e. The summed E-state index contributed by atoms with van der Waals surface area (Å²) in [5.41, 5.74) is -3.11. The van der Waals surface area contributed by atoms with E-state index in [0.29, 0.717) is 50.5 Å². The van der Waals surface area contributed by atoms with Gasteiger partial charge in [0.05, 0.1) is 49.5 Å². The Bertz CT molecular complexity index is 2390. The third kappa shape index (κ3) is 10.4. The van der Waals surface area contributed by atoms with Crippen molar-refractivity contribution in [2.24, 2.45) is 50.2 Å². The van der Waals surface area contributed by atoms with Gasteiger partial charge in [0.2, 0.25) is 0 Å². The predicted octanol–water partition coefficient (Wildman–Crippen LogP) is -1.55. The second kappa shape index (κ2) is 23.4. The second-order valence-corrected chi connectivity index (χ2v) is 26.7. The molecular formula is C57H88O25. The maximum atomic E-state index is 14.2. The predicted molar refractivity (Wildman–Crippen MR) is 278 cm³/mol. The van der Waals surface area contributed by atoms with Crippen LogP contribution in [0.3, 0.4) is 0 Å². The van der Waals surface area contributed by atoms with Crippen molar-refractivity contribution in [1.82, 2.24) is 0 Å². The lowest BCUT2D eigenvalue weighted by atomic mass is 9.33. The Balaban J connectivity index is 1.06. The first-order chi connectivity index (χ1) is 38.4. The normalized spacial score (nSPS) is 52.2. The topological polar surface area (TPSA) is 397 Å². The number of hydrogen-bond acceptors (Lipinski definition) is 24. The van der Waals surface area contributed by atoms with Crippen LogP contribution in [0.1, 0.15) is 107 Å². The van der Waals surface area contributed by atoms with Gasteiger partial charge in [0.15, 0.2) is 31.3 Å². The van der Waals surface area contributed by atoms with Crippen molar-refractivity contribution in [2.45, 2.75) is 236 Å². The molecule has 9 aliphatic rings. The van der Waals surface area contributed by atoms with E-state index in [1.807, 2.05) is 0 Å². The Hall–Kier alpha value is -2.71. The van der Waals surface area contributed by atoms with Crippen molar-refractivity contribution in [3.8, 4) is 0 Å². The zero-order valence-corrected chi connectivity index (χ0v) is 47.8. The average Bonchev–Trinajstić information content (AvgIpc) is 0.742. The van der Waals surface area contributed by atoms with E-state index in [9.17, 15) is 80.8 Å². The summed E-state index contributed by atoms with van der Waals surface area (Å²) in [7, 11) is 0. The summed E-state index contributed by atoms with van der Waals surface area (Å²) in [5, 5.41) is 143. The first kappa shape index (κ1) is 63.8. The molecule has 29 unspecified atom stereocenters. The van der Waals surface area contributed by atoms with Crippen LogP contribution < -0.4 is 0 Å². The molecule has 13 N–H and O–H groups in total. The highest BCUT2D eigenvalue weighted by molar-refractivity contribution is 5.87. The summed E-state index contributed by atoms with van der Waals surface area (Å²) >= 11 is 0. The minimum atomic E-state index is -2.26. The molecule has 0 radical (unpaired) electrons. The number of fused-ring (bicyclic) bond motifs is 7. The molecule has 0 aromatic heterocycles. The number of esters is 1. The third-order valence-electron chi connectivity index (χ3n) is 21.7. The number of carbonyl (C=O) groups excluding carboxylic acids is 2. The van der Waals surface area contributed by atoms with Crippen molar-refractivity contribution < 1.29 is 123 Å². The maximum absolute atomic E-state index is 14.2. The number of carboxylic acids is 1. The van der Waals surface area contributed by atoms with Crippen molar-refractivity contribution >= 4 is 18.2 Å². The molecule has 9 rings (SSSR count). The molecular weight excluding hydrogens is 1080 g/mol. The van der Waals surface area contributed by atoms with Crippen molar-refractivity contribution in [1.29, 1.82) is 0 Å². The highest BCUT2D eigenvalue weighted by Crippen LogP contribution is 2.76. The number of carbonyl (C=O) groups is 3. The zero-order chi connectivity index (χ0) is 60.1. The van der Waals surface area contributed by atoms with Crippen LogP contribution >= 0.6 is 0 Å². The molecule has 25 nitrogen and oxygen atoms in total. The van der Waals surface area contributed by atoms with E-state index in [1.54, 1.807) is 26.8 Å². The first-order valence-electron chi connectivity index (χ1n) is 28.8. The van der Waals surface area contributed by atoms with Crippen LogP contribution in [0.2, 0.25) is 0 Å². The van der Waals surface area contributed by atoms with Gasteiger partial charge < -0.3 is 114 Å². The summed E-state index contributed by atoms with van der Waals surface area (Å²) in [5.74, 6) is -3.13. The molecule has 4 aliphatic heterocycles.